The van der Waals surface area contributed by atoms with Gasteiger partial charge in [0.25, 0.3) is 5.91 Å². The standard InChI is InChI=1S/C23H28N2O6/c1-4-30-19-8-6-5-7-17(19)10-12-23(28)31-15-22(27)24-14-21(26)25-18-13-16(2)9-11-20(18)29-3/h5-9,11,13H,4,10,12,14-15H2,1-3H3,(H,24,27)(H,25,26). The second-order valence-corrected chi connectivity index (χ2v) is 6.73. The van der Waals surface area contributed by atoms with E-state index >= 15 is 0 Å². The van der Waals surface area contributed by atoms with Crippen molar-refractivity contribution in [3.63, 3.8) is 0 Å². The number of esters is 1. The predicted molar refractivity (Wildman–Crippen MR) is 116 cm³/mol. The van der Waals surface area contributed by atoms with Crippen molar-refractivity contribution in [2.45, 2.75) is 26.7 Å². The fourth-order valence-corrected chi connectivity index (χ4v) is 2.81. The Bertz CT molecular complexity index is 913. The molecule has 0 radical (unpaired) electrons. The second kappa shape index (κ2) is 12.2. The van der Waals surface area contributed by atoms with E-state index in [1.54, 1.807) is 12.1 Å². The first-order valence-electron chi connectivity index (χ1n) is 10.0. The third-order valence-corrected chi connectivity index (χ3v) is 4.31. The van der Waals surface area contributed by atoms with Crippen molar-refractivity contribution in [2.24, 2.45) is 0 Å². The van der Waals surface area contributed by atoms with E-state index in [-0.39, 0.29) is 13.0 Å². The third kappa shape index (κ3) is 8.00. The van der Waals surface area contributed by atoms with Gasteiger partial charge in [-0.2, -0.15) is 0 Å². The molecule has 0 aliphatic carbocycles. The molecule has 0 heterocycles. The molecule has 31 heavy (non-hydrogen) atoms. The van der Waals surface area contributed by atoms with Gasteiger partial charge < -0.3 is 24.8 Å². The van der Waals surface area contributed by atoms with Gasteiger partial charge in [0.05, 0.1) is 25.9 Å². The minimum atomic E-state index is -0.561. The topological polar surface area (TPSA) is 103 Å². The molecule has 2 rings (SSSR count). The summed E-state index contributed by atoms with van der Waals surface area (Å²) in [5.74, 6) is -0.238. The minimum absolute atomic E-state index is 0.116. The Morgan fingerprint density at radius 2 is 1.77 bits per heavy atom. The number of hydrogen-bond acceptors (Lipinski definition) is 6. The van der Waals surface area contributed by atoms with Gasteiger partial charge in [0, 0.05) is 6.42 Å². The number of ether oxygens (including phenoxy) is 3. The molecule has 0 aliphatic heterocycles. The van der Waals surface area contributed by atoms with Gasteiger partial charge in [0.2, 0.25) is 5.91 Å². The third-order valence-electron chi connectivity index (χ3n) is 4.31. The average molecular weight is 428 g/mol. The molecular formula is C23H28N2O6. The maximum absolute atomic E-state index is 12.1. The first kappa shape index (κ1) is 23.7. The van der Waals surface area contributed by atoms with Crippen LogP contribution in [0.15, 0.2) is 42.5 Å². The molecule has 2 amide bonds. The number of carbonyl (C=O) groups is 3. The van der Waals surface area contributed by atoms with Gasteiger partial charge in [-0.25, -0.2) is 0 Å². The zero-order valence-electron chi connectivity index (χ0n) is 18.0. The summed E-state index contributed by atoms with van der Waals surface area (Å²) >= 11 is 0. The summed E-state index contributed by atoms with van der Waals surface area (Å²) in [5, 5.41) is 5.10. The van der Waals surface area contributed by atoms with Crippen LogP contribution < -0.4 is 20.1 Å². The van der Waals surface area contributed by atoms with E-state index in [0.717, 1.165) is 16.9 Å². The zero-order chi connectivity index (χ0) is 22.6. The molecule has 2 aromatic carbocycles. The largest absolute Gasteiger partial charge is 0.495 e. The Balaban J connectivity index is 1.71. The summed E-state index contributed by atoms with van der Waals surface area (Å²) in [7, 11) is 1.51. The van der Waals surface area contributed by atoms with Gasteiger partial charge in [-0.05, 0) is 49.6 Å². The number of amides is 2. The highest BCUT2D eigenvalue weighted by Gasteiger charge is 2.12. The van der Waals surface area contributed by atoms with Gasteiger partial charge in [-0.15, -0.1) is 0 Å². The molecule has 0 saturated carbocycles. The zero-order valence-corrected chi connectivity index (χ0v) is 18.0. The van der Waals surface area contributed by atoms with Gasteiger partial charge in [0.15, 0.2) is 6.61 Å². The van der Waals surface area contributed by atoms with Crippen LogP contribution in [0.25, 0.3) is 0 Å². The van der Waals surface area contributed by atoms with Gasteiger partial charge in [0.1, 0.15) is 11.5 Å². The van der Waals surface area contributed by atoms with E-state index in [1.807, 2.05) is 44.2 Å². The van der Waals surface area contributed by atoms with Crippen LogP contribution in [0.2, 0.25) is 0 Å². The summed E-state index contributed by atoms with van der Waals surface area (Å²) in [4.78, 5) is 35.9. The van der Waals surface area contributed by atoms with Crippen molar-refractivity contribution in [3.05, 3.63) is 53.6 Å². The van der Waals surface area contributed by atoms with Crippen LogP contribution in [0.5, 0.6) is 11.5 Å². The summed E-state index contributed by atoms with van der Waals surface area (Å²) in [5.41, 5.74) is 2.37. The second-order valence-electron chi connectivity index (χ2n) is 6.73. The highest BCUT2D eigenvalue weighted by Crippen LogP contribution is 2.25. The Morgan fingerprint density at radius 3 is 2.52 bits per heavy atom. The number of rotatable bonds is 11. The van der Waals surface area contributed by atoms with Gasteiger partial charge in [-0.3, -0.25) is 14.4 Å². The van der Waals surface area contributed by atoms with Crippen LogP contribution in [0, 0.1) is 6.92 Å². The molecule has 0 unspecified atom stereocenters. The lowest BCUT2D eigenvalue weighted by molar-refractivity contribution is -0.148. The van der Waals surface area contributed by atoms with Crippen LogP contribution in [-0.2, 0) is 25.5 Å². The molecule has 0 atom stereocenters. The summed E-state index contributed by atoms with van der Waals surface area (Å²) in [6, 6.07) is 12.8. The highest BCUT2D eigenvalue weighted by atomic mass is 16.5. The number of carbonyl (C=O) groups excluding carboxylic acids is 3. The summed E-state index contributed by atoms with van der Waals surface area (Å²) in [6.45, 7) is 3.61. The van der Waals surface area contributed by atoms with Crippen LogP contribution in [0.1, 0.15) is 24.5 Å². The van der Waals surface area contributed by atoms with E-state index < -0.39 is 24.4 Å². The van der Waals surface area contributed by atoms with Crippen LogP contribution in [0.4, 0.5) is 5.69 Å². The Morgan fingerprint density at radius 1 is 1.00 bits per heavy atom. The maximum Gasteiger partial charge on any atom is 0.306 e. The smallest absolute Gasteiger partial charge is 0.306 e. The van der Waals surface area contributed by atoms with E-state index in [1.165, 1.54) is 7.11 Å². The quantitative estimate of drug-likeness (QED) is 0.534. The molecule has 0 fully saturated rings. The average Bonchev–Trinajstić information content (AvgIpc) is 2.76. The normalized spacial score (nSPS) is 10.2. The molecule has 8 nitrogen and oxygen atoms in total. The monoisotopic (exact) mass is 428 g/mol. The van der Waals surface area contributed by atoms with Gasteiger partial charge >= 0.3 is 5.97 Å². The molecule has 0 bridgehead atoms. The molecule has 2 N–H and O–H groups in total. The van der Waals surface area contributed by atoms with Crippen molar-refractivity contribution in [2.75, 3.05) is 32.2 Å². The fraction of sp³-hybridized carbons (Fsp3) is 0.348. The van der Waals surface area contributed by atoms with E-state index in [9.17, 15) is 14.4 Å². The van der Waals surface area contributed by atoms with Crippen molar-refractivity contribution in [1.82, 2.24) is 5.32 Å². The first-order valence-corrected chi connectivity index (χ1v) is 10.0. The van der Waals surface area contributed by atoms with E-state index in [2.05, 4.69) is 10.6 Å². The Labute approximate surface area is 181 Å². The molecule has 0 spiro atoms. The van der Waals surface area contributed by atoms with Crippen molar-refractivity contribution in [3.8, 4) is 11.5 Å². The SMILES string of the molecule is CCOc1ccccc1CCC(=O)OCC(=O)NCC(=O)Nc1cc(C)ccc1OC. The van der Waals surface area contributed by atoms with Crippen LogP contribution >= 0.6 is 0 Å². The lowest BCUT2D eigenvalue weighted by Crippen LogP contribution is -2.35. The van der Waals surface area contributed by atoms with E-state index in [4.69, 9.17) is 14.2 Å². The number of hydrogen-bond donors (Lipinski definition) is 2. The lowest BCUT2D eigenvalue weighted by Gasteiger charge is -2.12. The molecule has 0 aromatic heterocycles. The highest BCUT2D eigenvalue weighted by molar-refractivity contribution is 5.96. The minimum Gasteiger partial charge on any atom is -0.495 e. The molecule has 8 heteroatoms. The molecule has 166 valence electrons. The molecule has 2 aromatic rings. The number of nitrogens with one attached hydrogen (secondary N) is 2. The summed E-state index contributed by atoms with van der Waals surface area (Å²) < 4.78 is 15.7. The Hall–Kier alpha value is -3.55. The molecule has 0 saturated heterocycles. The lowest BCUT2D eigenvalue weighted by atomic mass is 10.1. The van der Waals surface area contributed by atoms with Crippen LogP contribution in [0.3, 0.4) is 0 Å². The number of benzene rings is 2. The van der Waals surface area contributed by atoms with Crippen molar-refractivity contribution in [1.29, 1.82) is 0 Å². The first-order chi connectivity index (χ1) is 14.9. The Kier molecular flexibility index (Phi) is 9.35. The number of para-hydroxylation sites is 1. The number of aryl methyl sites for hydroxylation is 2. The van der Waals surface area contributed by atoms with Crippen molar-refractivity contribution < 1.29 is 28.6 Å². The summed E-state index contributed by atoms with van der Waals surface area (Å²) in [6.07, 6.45) is 0.558. The molecular weight excluding hydrogens is 400 g/mol. The van der Waals surface area contributed by atoms with E-state index in [0.29, 0.717) is 24.5 Å². The fourth-order valence-electron chi connectivity index (χ4n) is 2.81. The number of methoxy groups -OCH3 is 1. The van der Waals surface area contributed by atoms with Crippen LogP contribution in [-0.4, -0.2) is 44.7 Å². The number of anilines is 1. The van der Waals surface area contributed by atoms with Gasteiger partial charge in [-0.1, -0.05) is 24.3 Å². The van der Waals surface area contributed by atoms with Crippen molar-refractivity contribution >= 4 is 23.5 Å². The maximum atomic E-state index is 12.1. The molecule has 0 aliphatic rings. The predicted octanol–water partition coefficient (Wildman–Crippen LogP) is 2.63.